The van der Waals surface area contributed by atoms with Crippen molar-refractivity contribution in [1.82, 2.24) is 16.0 Å². The maximum absolute atomic E-state index is 13.4. The summed E-state index contributed by atoms with van der Waals surface area (Å²) in [7, 11) is 0.898. The van der Waals surface area contributed by atoms with Gasteiger partial charge in [-0.3, -0.25) is 29.5 Å². The zero-order valence-corrected chi connectivity index (χ0v) is 53.3. The van der Waals surface area contributed by atoms with Crippen LogP contribution in [0, 0.1) is 0 Å². The predicted octanol–water partition coefficient (Wildman–Crippen LogP) is 10.2. The first-order valence-corrected chi connectivity index (χ1v) is 28.3. The molecular weight excluding hydrogens is 1000 g/mol. The number of nitrogens with one attached hydrogen (secondary N) is 3. The van der Waals surface area contributed by atoms with Crippen LogP contribution in [0.25, 0.3) is 0 Å². The molecule has 0 heterocycles. The van der Waals surface area contributed by atoms with Crippen molar-refractivity contribution in [3.05, 3.63) is 142 Å². The second-order valence-corrected chi connectivity index (χ2v) is 24.8. The summed E-state index contributed by atoms with van der Waals surface area (Å²) in [5.41, 5.74) is 14.8. The van der Waals surface area contributed by atoms with Gasteiger partial charge in [0.25, 0.3) is 0 Å². The summed E-state index contributed by atoms with van der Waals surface area (Å²) in [6, 6.07) is 33.3. The van der Waals surface area contributed by atoms with Gasteiger partial charge in [-0.15, -0.1) is 0 Å². The van der Waals surface area contributed by atoms with Crippen LogP contribution in [0.2, 0.25) is 0 Å². The van der Waals surface area contributed by atoms with Crippen molar-refractivity contribution in [3.8, 4) is 0 Å². The van der Waals surface area contributed by atoms with Crippen LogP contribution in [0.15, 0.2) is 97.1 Å². The Labute approximate surface area is 499 Å². The Morgan fingerprint density at radius 2 is 0.975 bits per heavy atom. The molecule has 0 saturated heterocycles. The Bertz CT molecular complexity index is 2300. The second kappa shape index (κ2) is 34.6. The van der Waals surface area contributed by atoms with E-state index in [1.54, 1.807) is 20.8 Å². The van der Waals surface area contributed by atoms with Crippen LogP contribution in [0.3, 0.4) is 0 Å². The SMILES string of the molecule is CC(C)(C)c1cc(C=O)cc(C(C)(C)C)c1.CC(C)(C)c1cc(CNC2(C(=O)NCc3ccccc3)CCCCC2)cc(C(C)(C)C)c1.CCOO[B-]OOC(C)OOCC.NC1(C(=O)NCc2ccccc2)CCCCC1.[Na+]. The van der Waals surface area contributed by atoms with Crippen LogP contribution >= 0.6 is 0 Å². The Morgan fingerprint density at radius 3 is 1.39 bits per heavy atom. The van der Waals surface area contributed by atoms with Crippen molar-refractivity contribution >= 4 is 25.8 Å². The Kier molecular flexibility index (Phi) is 31.3. The molecule has 2 aliphatic carbocycles. The minimum absolute atomic E-state index is 0. The van der Waals surface area contributed by atoms with E-state index in [-0.39, 0.29) is 63.0 Å². The summed E-state index contributed by atoms with van der Waals surface area (Å²) >= 11 is 0. The molecule has 1 unspecified atom stereocenters. The Balaban J connectivity index is 0.000000387. The number of hydrogen-bond acceptors (Lipinski definition) is 11. The van der Waals surface area contributed by atoms with Crippen LogP contribution in [-0.4, -0.2) is 56.4 Å². The summed E-state index contributed by atoms with van der Waals surface area (Å²) in [5, 5.41) is 9.89. The van der Waals surface area contributed by atoms with E-state index < -0.39 is 17.4 Å². The largest absolute Gasteiger partial charge is 1.00 e. The summed E-state index contributed by atoms with van der Waals surface area (Å²) < 4.78 is 0. The van der Waals surface area contributed by atoms with E-state index in [2.05, 4.69) is 165 Å². The molecule has 2 saturated carbocycles. The maximum Gasteiger partial charge on any atom is 1.00 e. The number of amides is 2. The molecule has 0 aromatic heterocycles. The van der Waals surface area contributed by atoms with Gasteiger partial charge in [-0.05, 0) is 119 Å². The average Bonchev–Trinajstić information content (AvgIpc) is 3.41. The first-order chi connectivity index (χ1) is 36.7. The summed E-state index contributed by atoms with van der Waals surface area (Å²) in [6.07, 6.45) is 10.5. The first kappa shape index (κ1) is 71.3. The fourth-order valence-corrected chi connectivity index (χ4v) is 8.86. The van der Waals surface area contributed by atoms with Gasteiger partial charge >= 0.3 is 29.6 Å². The number of carbonyl (C=O) groups excluding carboxylic acids is 3. The van der Waals surface area contributed by atoms with Crippen LogP contribution in [0.4, 0.5) is 0 Å². The quantitative estimate of drug-likeness (QED) is 0.0176. The third kappa shape index (κ3) is 26.4. The number of rotatable bonds is 19. The first-order valence-electron chi connectivity index (χ1n) is 28.3. The van der Waals surface area contributed by atoms with E-state index >= 15 is 0 Å². The average molecular weight is 1100 g/mol. The Hall–Kier alpha value is -3.77. The van der Waals surface area contributed by atoms with E-state index in [1.807, 2.05) is 60.7 Å². The molecule has 0 aliphatic heterocycles. The van der Waals surface area contributed by atoms with E-state index in [4.69, 9.17) is 5.73 Å². The molecule has 2 aliphatic rings. The number of carbonyl (C=O) groups is 3. The summed E-state index contributed by atoms with van der Waals surface area (Å²) in [4.78, 5) is 63.5. The molecule has 13 nitrogen and oxygen atoms in total. The molecule has 2 amide bonds. The summed E-state index contributed by atoms with van der Waals surface area (Å²) in [6.45, 7) is 34.5. The van der Waals surface area contributed by atoms with Crippen LogP contribution in [0.5, 0.6) is 0 Å². The molecule has 0 bridgehead atoms. The number of benzene rings is 4. The van der Waals surface area contributed by atoms with Gasteiger partial charge in [0.15, 0.2) is 0 Å². The van der Waals surface area contributed by atoms with E-state index in [0.29, 0.717) is 32.8 Å². The molecule has 6 rings (SSSR count). The van der Waals surface area contributed by atoms with Gasteiger partial charge in [-0.25, -0.2) is 9.78 Å². The fourth-order valence-electron chi connectivity index (χ4n) is 8.86. The van der Waals surface area contributed by atoms with Gasteiger partial charge < -0.3 is 26.0 Å². The predicted molar refractivity (Wildman–Crippen MR) is 315 cm³/mol. The zero-order chi connectivity index (χ0) is 58.0. The van der Waals surface area contributed by atoms with Gasteiger partial charge in [-0.2, -0.15) is 0 Å². The topological polar surface area (TPSA) is 169 Å². The molecule has 2 fully saturated rings. The maximum atomic E-state index is 13.4. The molecule has 4 aromatic carbocycles. The molecule has 79 heavy (non-hydrogen) atoms. The van der Waals surface area contributed by atoms with Gasteiger partial charge in [0.2, 0.25) is 18.1 Å². The third-order valence-electron chi connectivity index (χ3n) is 13.9. The Morgan fingerprint density at radius 1 is 0.557 bits per heavy atom. The van der Waals surface area contributed by atoms with Crippen LogP contribution in [-0.2, 0) is 80.0 Å². The van der Waals surface area contributed by atoms with Gasteiger partial charge in [0, 0.05) is 25.2 Å². The number of hydrogen-bond donors (Lipinski definition) is 4. The van der Waals surface area contributed by atoms with Gasteiger partial charge in [-0.1, -0.05) is 207 Å². The minimum Gasteiger partial charge on any atom is -0.492 e. The van der Waals surface area contributed by atoms with Gasteiger partial charge in [0.1, 0.15) is 6.29 Å². The van der Waals surface area contributed by atoms with Crippen LogP contribution < -0.4 is 51.2 Å². The smallest absolute Gasteiger partial charge is 0.492 e. The van der Waals surface area contributed by atoms with Crippen molar-refractivity contribution in [1.29, 1.82) is 0 Å². The number of aldehydes is 1. The van der Waals surface area contributed by atoms with Crippen molar-refractivity contribution < 1.29 is 73.1 Å². The van der Waals surface area contributed by atoms with Crippen molar-refractivity contribution in [2.75, 3.05) is 13.2 Å². The zero-order valence-electron chi connectivity index (χ0n) is 51.3. The molecule has 432 valence electrons. The molecular formula is C64H98BN4NaO9. The molecule has 2 radical (unpaired) electrons. The number of nitrogens with two attached hydrogens (primary N) is 1. The molecule has 1 atom stereocenters. The van der Waals surface area contributed by atoms with Gasteiger partial charge in [0.05, 0.1) is 32.0 Å². The second-order valence-electron chi connectivity index (χ2n) is 24.8. The van der Waals surface area contributed by atoms with E-state index in [1.165, 1.54) is 40.7 Å². The fraction of sp³-hybridized carbons (Fsp3) is 0.578. The van der Waals surface area contributed by atoms with Crippen LogP contribution in [0.1, 0.15) is 217 Å². The van der Waals surface area contributed by atoms with Crippen molar-refractivity contribution in [3.63, 3.8) is 0 Å². The minimum atomic E-state index is -0.638. The molecule has 0 spiro atoms. The van der Waals surface area contributed by atoms with E-state index in [9.17, 15) is 14.4 Å². The molecule has 15 heteroatoms. The van der Waals surface area contributed by atoms with E-state index in [0.717, 1.165) is 82.0 Å². The van der Waals surface area contributed by atoms with Crippen molar-refractivity contribution in [2.45, 2.75) is 227 Å². The standard InChI is InChI=1S/C29H42N2O.C15H22O.C14H20N2O.C6H14BO6.Na/c1-27(2,3)24-17-23(18-25(19-24)28(4,5)6)21-31-29(15-11-8-12-16-29)26(32)30-20-22-13-9-7-10-14-22;1-14(2,3)12-7-11(10-16)8-13(9-12)15(4,5)6;15-14(9-5-2-6-10-14)13(17)16-11-12-7-3-1-4-8-12;1-4-8-10-6(3)11-13-7-12-9-5-2;/h7,9-10,13-14,17-19,31H,8,11-12,15-16,20-21H2,1-6H3,(H,30,32);7-10H,1-6H3;1,3-4,7-8H,2,5-6,9-11,15H2,(H,16,17);6H,4-5H2,1-3H3;/q;;;-1;+1. The summed E-state index contributed by atoms with van der Waals surface area (Å²) in [5.74, 6) is 0.144. The molecule has 5 N–H and O–H groups in total. The molecule has 4 aromatic rings. The normalized spacial score (nSPS) is 15.4. The van der Waals surface area contributed by atoms with Crippen molar-refractivity contribution in [2.24, 2.45) is 5.73 Å². The third-order valence-corrected chi connectivity index (χ3v) is 13.9. The monoisotopic (exact) mass is 1100 g/mol.